The number of rotatable bonds is 5. The zero-order chi connectivity index (χ0) is 20.2. The molecule has 2 heterocycles. The van der Waals surface area contributed by atoms with Gasteiger partial charge in [-0.3, -0.25) is 0 Å². The highest BCUT2D eigenvalue weighted by Crippen LogP contribution is 2.18. The van der Waals surface area contributed by atoms with E-state index in [0.29, 0.717) is 18.3 Å². The van der Waals surface area contributed by atoms with Gasteiger partial charge in [0, 0.05) is 11.4 Å². The molecule has 1 aliphatic rings. The van der Waals surface area contributed by atoms with Gasteiger partial charge < -0.3 is 20.9 Å². The molecule has 0 unspecified atom stereocenters. The van der Waals surface area contributed by atoms with E-state index in [9.17, 15) is 4.39 Å². The van der Waals surface area contributed by atoms with Crippen molar-refractivity contribution in [1.29, 1.82) is 0 Å². The second-order valence-corrected chi connectivity index (χ2v) is 7.26. The van der Waals surface area contributed by atoms with Crippen LogP contribution in [0.4, 0.5) is 27.7 Å². The Hall–Kier alpha value is -3.26. The normalized spacial score (nSPS) is 14.8. The first kappa shape index (κ1) is 19.1. The van der Waals surface area contributed by atoms with Crippen LogP contribution in [-0.4, -0.2) is 41.1 Å². The predicted molar refractivity (Wildman–Crippen MR) is 112 cm³/mol. The SMILES string of the molecule is Cc1ccccc1Nc1nc(N)nc(C[NH+]2CCN(c3ccc(F)cc3)CC2)n1. The van der Waals surface area contributed by atoms with E-state index >= 15 is 0 Å². The molecular weight excluding hydrogens is 369 g/mol. The van der Waals surface area contributed by atoms with E-state index in [1.54, 1.807) is 0 Å². The minimum Gasteiger partial charge on any atom is -0.368 e. The third-order valence-corrected chi connectivity index (χ3v) is 5.16. The molecule has 0 spiro atoms. The quantitative estimate of drug-likeness (QED) is 0.609. The maximum atomic E-state index is 13.1. The minimum atomic E-state index is -0.208. The lowest BCUT2D eigenvalue weighted by molar-refractivity contribution is -0.915. The van der Waals surface area contributed by atoms with Gasteiger partial charge in [0.05, 0.1) is 26.2 Å². The van der Waals surface area contributed by atoms with Crippen LogP contribution < -0.4 is 20.9 Å². The standard InChI is InChI=1S/C21H24FN7/c1-15-4-2-3-5-18(15)24-21-26-19(25-20(23)27-21)14-28-10-12-29(13-11-28)17-8-6-16(22)7-9-17/h2-9H,10-14H2,1H3,(H3,23,24,25,26,27)/p+1. The highest BCUT2D eigenvalue weighted by molar-refractivity contribution is 5.58. The Labute approximate surface area is 169 Å². The lowest BCUT2D eigenvalue weighted by Gasteiger charge is -2.33. The van der Waals surface area contributed by atoms with Gasteiger partial charge in [0.15, 0.2) is 5.82 Å². The first-order valence-electron chi connectivity index (χ1n) is 9.74. The van der Waals surface area contributed by atoms with Gasteiger partial charge in [0.2, 0.25) is 11.9 Å². The summed E-state index contributed by atoms with van der Waals surface area (Å²) >= 11 is 0. The maximum absolute atomic E-state index is 13.1. The summed E-state index contributed by atoms with van der Waals surface area (Å²) in [6.07, 6.45) is 0. The lowest BCUT2D eigenvalue weighted by Crippen LogP contribution is -3.13. The molecule has 7 nitrogen and oxygen atoms in total. The summed E-state index contributed by atoms with van der Waals surface area (Å²) in [5.74, 6) is 1.15. The van der Waals surface area contributed by atoms with Gasteiger partial charge in [0.25, 0.3) is 0 Å². The Morgan fingerprint density at radius 3 is 2.48 bits per heavy atom. The monoisotopic (exact) mass is 394 g/mol. The summed E-state index contributed by atoms with van der Waals surface area (Å²) in [4.78, 5) is 16.8. The molecule has 0 saturated carbocycles. The summed E-state index contributed by atoms with van der Waals surface area (Å²) in [7, 11) is 0. The van der Waals surface area contributed by atoms with E-state index in [1.165, 1.54) is 17.0 Å². The minimum absolute atomic E-state index is 0.208. The van der Waals surface area contributed by atoms with Crippen LogP contribution in [0.25, 0.3) is 0 Å². The summed E-state index contributed by atoms with van der Waals surface area (Å²) in [6, 6.07) is 14.6. The van der Waals surface area contributed by atoms with Crippen molar-refractivity contribution in [2.75, 3.05) is 42.1 Å². The van der Waals surface area contributed by atoms with E-state index in [2.05, 4.69) is 25.2 Å². The zero-order valence-electron chi connectivity index (χ0n) is 16.4. The van der Waals surface area contributed by atoms with Crippen LogP contribution in [0, 0.1) is 12.7 Å². The van der Waals surface area contributed by atoms with Crippen molar-refractivity contribution in [2.24, 2.45) is 0 Å². The van der Waals surface area contributed by atoms with Crippen LogP contribution in [0.2, 0.25) is 0 Å². The second kappa shape index (κ2) is 8.40. The van der Waals surface area contributed by atoms with Gasteiger partial charge in [-0.15, -0.1) is 0 Å². The van der Waals surface area contributed by atoms with Gasteiger partial charge >= 0.3 is 0 Å². The fourth-order valence-corrected chi connectivity index (χ4v) is 3.54. The molecule has 4 rings (SSSR count). The molecule has 1 aromatic heterocycles. The van der Waals surface area contributed by atoms with E-state index in [0.717, 1.165) is 43.1 Å². The molecule has 4 N–H and O–H groups in total. The number of nitrogen functional groups attached to an aromatic ring is 1. The first-order chi connectivity index (χ1) is 14.1. The molecule has 1 fully saturated rings. The number of halogens is 1. The number of aryl methyl sites for hydroxylation is 1. The highest BCUT2D eigenvalue weighted by atomic mass is 19.1. The lowest BCUT2D eigenvalue weighted by atomic mass is 10.2. The van der Waals surface area contributed by atoms with E-state index in [1.807, 2.05) is 43.3 Å². The van der Waals surface area contributed by atoms with Crippen LogP contribution in [0.5, 0.6) is 0 Å². The van der Waals surface area contributed by atoms with E-state index in [4.69, 9.17) is 5.73 Å². The van der Waals surface area contributed by atoms with Gasteiger partial charge in [-0.25, -0.2) is 4.39 Å². The Morgan fingerprint density at radius 2 is 1.76 bits per heavy atom. The van der Waals surface area contributed by atoms with Crippen molar-refractivity contribution in [3.05, 3.63) is 65.7 Å². The molecule has 0 radical (unpaired) electrons. The molecule has 29 heavy (non-hydrogen) atoms. The van der Waals surface area contributed by atoms with E-state index in [-0.39, 0.29) is 11.8 Å². The van der Waals surface area contributed by atoms with Crippen molar-refractivity contribution < 1.29 is 9.29 Å². The van der Waals surface area contributed by atoms with Gasteiger partial charge in [-0.1, -0.05) is 18.2 Å². The maximum Gasteiger partial charge on any atom is 0.232 e. The number of nitrogens with two attached hydrogens (primary N) is 1. The molecule has 0 bridgehead atoms. The zero-order valence-corrected chi connectivity index (χ0v) is 16.4. The number of quaternary nitrogens is 1. The topological polar surface area (TPSA) is 84.4 Å². The average molecular weight is 394 g/mol. The molecule has 3 aromatic rings. The Kier molecular flexibility index (Phi) is 5.53. The van der Waals surface area contributed by atoms with Crippen LogP contribution in [0.15, 0.2) is 48.5 Å². The Balaban J connectivity index is 1.39. The van der Waals surface area contributed by atoms with E-state index < -0.39 is 0 Å². The average Bonchev–Trinajstić information content (AvgIpc) is 2.71. The van der Waals surface area contributed by atoms with Crippen LogP contribution in [0.1, 0.15) is 11.4 Å². The molecule has 0 aliphatic carbocycles. The first-order valence-corrected chi connectivity index (χ1v) is 9.74. The summed E-state index contributed by atoms with van der Waals surface area (Å²) < 4.78 is 13.1. The third kappa shape index (κ3) is 4.78. The second-order valence-electron chi connectivity index (χ2n) is 7.26. The largest absolute Gasteiger partial charge is 0.368 e. The summed E-state index contributed by atoms with van der Waals surface area (Å²) in [5, 5.41) is 3.23. The van der Waals surface area contributed by atoms with Crippen molar-refractivity contribution in [3.8, 4) is 0 Å². The number of anilines is 4. The number of nitrogens with zero attached hydrogens (tertiary/aromatic N) is 4. The number of hydrogen-bond donors (Lipinski definition) is 3. The third-order valence-electron chi connectivity index (χ3n) is 5.16. The molecule has 8 heteroatoms. The number of aromatic nitrogens is 3. The van der Waals surface area contributed by atoms with Crippen molar-refractivity contribution >= 4 is 23.3 Å². The number of para-hydroxylation sites is 1. The number of nitrogens with one attached hydrogen (secondary N) is 2. The van der Waals surface area contributed by atoms with Gasteiger partial charge in [-0.2, -0.15) is 15.0 Å². The molecule has 2 aromatic carbocycles. The fourth-order valence-electron chi connectivity index (χ4n) is 3.54. The number of benzene rings is 2. The highest BCUT2D eigenvalue weighted by Gasteiger charge is 2.22. The molecule has 1 aliphatic heterocycles. The van der Waals surface area contributed by atoms with Crippen molar-refractivity contribution in [1.82, 2.24) is 15.0 Å². The number of piperazine rings is 1. The van der Waals surface area contributed by atoms with Gasteiger partial charge in [-0.05, 0) is 42.8 Å². The van der Waals surface area contributed by atoms with Crippen molar-refractivity contribution in [2.45, 2.75) is 13.5 Å². The molecule has 1 saturated heterocycles. The molecular formula is C21H25FN7+. The molecule has 0 amide bonds. The fraction of sp³-hybridized carbons (Fsp3) is 0.286. The van der Waals surface area contributed by atoms with Crippen LogP contribution in [0.3, 0.4) is 0 Å². The Morgan fingerprint density at radius 1 is 1.03 bits per heavy atom. The Bertz CT molecular complexity index is 969. The number of hydrogen-bond acceptors (Lipinski definition) is 6. The van der Waals surface area contributed by atoms with Crippen LogP contribution in [-0.2, 0) is 6.54 Å². The summed E-state index contributed by atoms with van der Waals surface area (Å²) in [6.45, 7) is 6.41. The predicted octanol–water partition coefficient (Wildman–Crippen LogP) is 1.55. The van der Waals surface area contributed by atoms with Crippen molar-refractivity contribution in [3.63, 3.8) is 0 Å². The smallest absolute Gasteiger partial charge is 0.232 e. The van der Waals surface area contributed by atoms with Gasteiger partial charge in [0.1, 0.15) is 12.4 Å². The molecule has 150 valence electrons. The summed E-state index contributed by atoms with van der Waals surface area (Å²) in [5.41, 5.74) is 9.03. The molecule has 0 atom stereocenters. The van der Waals surface area contributed by atoms with Crippen LogP contribution >= 0.6 is 0 Å².